The number of halogens is 2. The second-order valence-electron chi connectivity index (χ2n) is 5.23. The minimum Gasteiger partial charge on any atom is -0.493 e. The fourth-order valence-electron chi connectivity index (χ4n) is 2.17. The lowest BCUT2D eigenvalue weighted by molar-refractivity contribution is -0.385. The van der Waals surface area contributed by atoms with Gasteiger partial charge >= 0.3 is 5.97 Å². The van der Waals surface area contributed by atoms with Crippen molar-refractivity contribution in [1.29, 1.82) is 0 Å². The van der Waals surface area contributed by atoms with Gasteiger partial charge in [-0.2, -0.15) is 0 Å². The lowest BCUT2D eigenvalue weighted by Gasteiger charge is -2.11. The number of esters is 1. The molecule has 0 aliphatic rings. The summed E-state index contributed by atoms with van der Waals surface area (Å²) in [4.78, 5) is 34.5. The van der Waals surface area contributed by atoms with E-state index >= 15 is 0 Å². The standard InChI is InChI=1S/C17H14ClFN2O7/c1-26-14-6-10(13(21(24)25)7-15(14)27-2)17(23)28-8-16(22)20-12-4-3-9(18)5-11(12)19/h3-7H,8H2,1-2H3,(H,20,22). The highest BCUT2D eigenvalue weighted by Gasteiger charge is 2.26. The number of hydrogen-bond donors (Lipinski definition) is 1. The number of hydrogen-bond acceptors (Lipinski definition) is 7. The summed E-state index contributed by atoms with van der Waals surface area (Å²) in [5, 5.41) is 13.5. The summed E-state index contributed by atoms with van der Waals surface area (Å²) in [6.07, 6.45) is 0. The van der Waals surface area contributed by atoms with Crippen LogP contribution in [-0.4, -0.2) is 37.6 Å². The monoisotopic (exact) mass is 412 g/mol. The SMILES string of the molecule is COc1cc(C(=O)OCC(=O)Nc2ccc(Cl)cc2F)c([N+](=O)[O-])cc1OC. The average Bonchev–Trinajstić information content (AvgIpc) is 2.67. The van der Waals surface area contributed by atoms with E-state index in [-0.39, 0.29) is 22.2 Å². The molecular weight excluding hydrogens is 399 g/mol. The Hall–Kier alpha value is -3.40. The Balaban J connectivity index is 2.13. The molecule has 0 aliphatic carbocycles. The van der Waals surface area contributed by atoms with Gasteiger partial charge in [-0.1, -0.05) is 11.6 Å². The zero-order valence-corrected chi connectivity index (χ0v) is 15.4. The normalized spacial score (nSPS) is 10.1. The van der Waals surface area contributed by atoms with E-state index in [0.29, 0.717) is 0 Å². The van der Waals surface area contributed by atoms with Crippen LogP contribution in [0.15, 0.2) is 30.3 Å². The number of carbonyl (C=O) groups excluding carboxylic acids is 2. The van der Waals surface area contributed by atoms with Crippen molar-refractivity contribution in [2.75, 3.05) is 26.1 Å². The Bertz CT molecular complexity index is 936. The predicted molar refractivity (Wildman–Crippen MR) is 96.5 cm³/mol. The van der Waals surface area contributed by atoms with E-state index in [9.17, 15) is 24.1 Å². The minimum absolute atomic E-state index is 0.0432. The second-order valence-corrected chi connectivity index (χ2v) is 5.67. The highest BCUT2D eigenvalue weighted by atomic mass is 35.5. The van der Waals surface area contributed by atoms with E-state index in [1.165, 1.54) is 26.4 Å². The van der Waals surface area contributed by atoms with Crippen molar-refractivity contribution in [2.45, 2.75) is 0 Å². The van der Waals surface area contributed by atoms with Crippen molar-refractivity contribution in [3.05, 3.63) is 56.8 Å². The van der Waals surface area contributed by atoms with Crippen molar-refractivity contribution in [3.8, 4) is 11.5 Å². The molecule has 2 rings (SSSR count). The average molecular weight is 413 g/mol. The first-order valence-electron chi connectivity index (χ1n) is 7.59. The van der Waals surface area contributed by atoms with Crippen LogP contribution in [0, 0.1) is 15.9 Å². The van der Waals surface area contributed by atoms with Crippen molar-refractivity contribution in [1.82, 2.24) is 0 Å². The molecule has 0 unspecified atom stereocenters. The summed E-state index contributed by atoms with van der Waals surface area (Å²) in [5.74, 6) is -2.66. The second kappa shape index (κ2) is 9.00. The largest absolute Gasteiger partial charge is 0.493 e. The number of nitrogens with one attached hydrogen (secondary N) is 1. The number of nitro groups is 1. The molecule has 11 heteroatoms. The zero-order chi connectivity index (χ0) is 20.8. The third-order valence-corrected chi connectivity index (χ3v) is 3.69. The van der Waals surface area contributed by atoms with Gasteiger partial charge in [-0.05, 0) is 18.2 Å². The van der Waals surface area contributed by atoms with E-state index in [4.69, 9.17) is 25.8 Å². The summed E-state index contributed by atoms with van der Waals surface area (Å²) in [5.41, 5.74) is -1.19. The van der Waals surface area contributed by atoms with Crippen molar-refractivity contribution in [3.63, 3.8) is 0 Å². The molecule has 0 aromatic heterocycles. The van der Waals surface area contributed by atoms with Gasteiger partial charge in [0, 0.05) is 11.1 Å². The maximum Gasteiger partial charge on any atom is 0.345 e. The molecule has 0 saturated heterocycles. The topological polar surface area (TPSA) is 117 Å². The number of ether oxygens (including phenoxy) is 3. The van der Waals surface area contributed by atoms with Crippen molar-refractivity contribution in [2.24, 2.45) is 0 Å². The van der Waals surface area contributed by atoms with Crippen LogP contribution in [0.5, 0.6) is 11.5 Å². The Morgan fingerprint density at radius 2 is 1.82 bits per heavy atom. The fraction of sp³-hybridized carbons (Fsp3) is 0.176. The molecule has 0 spiro atoms. The summed E-state index contributed by atoms with van der Waals surface area (Å²) < 4.78 is 28.4. The summed E-state index contributed by atoms with van der Waals surface area (Å²) in [7, 11) is 2.56. The molecule has 0 aliphatic heterocycles. The number of rotatable bonds is 7. The van der Waals surface area contributed by atoms with Gasteiger partial charge in [0.1, 0.15) is 11.4 Å². The van der Waals surface area contributed by atoms with Crippen LogP contribution in [0.25, 0.3) is 0 Å². The van der Waals surface area contributed by atoms with E-state index in [2.05, 4.69) is 5.32 Å². The first-order valence-corrected chi connectivity index (χ1v) is 7.97. The smallest absolute Gasteiger partial charge is 0.345 e. The molecule has 0 fully saturated rings. The number of nitrogens with zero attached hydrogens (tertiary/aromatic N) is 1. The predicted octanol–water partition coefficient (Wildman–Crippen LogP) is 3.20. The number of anilines is 1. The van der Waals surface area contributed by atoms with Crippen LogP contribution in [0.1, 0.15) is 10.4 Å². The molecule has 1 amide bonds. The quantitative estimate of drug-likeness (QED) is 0.421. The van der Waals surface area contributed by atoms with Gasteiger partial charge in [0.15, 0.2) is 18.1 Å². The molecule has 0 bridgehead atoms. The molecule has 28 heavy (non-hydrogen) atoms. The Morgan fingerprint density at radius 3 is 2.39 bits per heavy atom. The number of carbonyl (C=O) groups is 2. The van der Waals surface area contributed by atoms with Crippen LogP contribution >= 0.6 is 11.6 Å². The van der Waals surface area contributed by atoms with Crippen LogP contribution in [0.2, 0.25) is 5.02 Å². The Labute approximate surface area is 163 Å². The highest BCUT2D eigenvalue weighted by Crippen LogP contribution is 2.34. The molecule has 0 saturated carbocycles. The van der Waals surface area contributed by atoms with Gasteiger partial charge in [-0.3, -0.25) is 14.9 Å². The number of amides is 1. The third kappa shape index (κ3) is 4.86. The van der Waals surface area contributed by atoms with Crippen LogP contribution in [0.3, 0.4) is 0 Å². The van der Waals surface area contributed by atoms with Crippen molar-refractivity contribution >= 4 is 34.9 Å². The van der Waals surface area contributed by atoms with Gasteiger partial charge in [0.2, 0.25) is 0 Å². The molecule has 148 valence electrons. The Kier molecular flexibility index (Phi) is 6.72. The molecule has 0 radical (unpaired) electrons. The van der Waals surface area contributed by atoms with Crippen molar-refractivity contribution < 1.29 is 33.1 Å². The number of methoxy groups -OCH3 is 2. The molecule has 2 aromatic rings. The molecule has 0 heterocycles. The summed E-state index contributed by atoms with van der Waals surface area (Å²) in [6, 6.07) is 5.65. The zero-order valence-electron chi connectivity index (χ0n) is 14.7. The maximum atomic E-state index is 13.7. The van der Waals surface area contributed by atoms with E-state index in [1.807, 2.05) is 0 Å². The lowest BCUT2D eigenvalue weighted by Crippen LogP contribution is -2.22. The van der Waals surface area contributed by atoms with Gasteiger partial charge in [-0.25, -0.2) is 9.18 Å². The van der Waals surface area contributed by atoms with Crippen LogP contribution < -0.4 is 14.8 Å². The van der Waals surface area contributed by atoms with Crippen LogP contribution in [-0.2, 0) is 9.53 Å². The van der Waals surface area contributed by atoms with Gasteiger partial charge in [0.05, 0.1) is 30.9 Å². The first kappa shape index (κ1) is 20.9. The lowest BCUT2D eigenvalue weighted by atomic mass is 10.1. The number of nitro benzene ring substituents is 1. The third-order valence-electron chi connectivity index (χ3n) is 3.46. The van der Waals surface area contributed by atoms with E-state index in [1.54, 1.807) is 0 Å². The van der Waals surface area contributed by atoms with Gasteiger partial charge in [-0.15, -0.1) is 0 Å². The van der Waals surface area contributed by atoms with Gasteiger partial charge < -0.3 is 19.5 Å². The maximum absolute atomic E-state index is 13.7. The summed E-state index contributed by atoms with van der Waals surface area (Å²) in [6.45, 7) is -0.799. The van der Waals surface area contributed by atoms with Crippen LogP contribution in [0.4, 0.5) is 15.8 Å². The molecule has 2 aromatic carbocycles. The molecule has 1 N–H and O–H groups in total. The van der Waals surface area contributed by atoms with Gasteiger partial charge in [0.25, 0.3) is 11.6 Å². The van der Waals surface area contributed by atoms with E-state index < -0.39 is 40.5 Å². The minimum atomic E-state index is -1.14. The molecule has 0 atom stereocenters. The summed E-state index contributed by atoms with van der Waals surface area (Å²) >= 11 is 5.61. The Morgan fingerprint density at radius 1 is 1.18 bits per heavy atom. The highest BCUT2D eigenvalue weighted by molar-refractivity contribution is 6.30. The molecular formula is C17H14ClFN2O7. The molecule has 9 nitrogen and oxygen atoms in total. The van der Waals surface area contributed by atoms with E-state index in [0.717, 1.165) is 18.2 Å². The number of benzene rings is 2. The fourth-order valence-corrected chi connectivity index (χ4v) is 2.33. The first-order chi connectivity index (χ1) is 13.3.